The normalized spacial score (nSPS) is 19.0. The Balaban J connectivity index is 1.41. The maximum atomic E-state index is 13.5. The van der Waals surface area contributed by atoms with Crippen molar-refractivity contribution in [2.45, 2.75) is 57.6 Å². The van der Waals surface area contributed by atoms with Crippen molar-refractivity contribution in [1.29, 1.82) is 0 Å². The van der Waals surface area contributed by atoms with Crippen LogP contribution in [0.25, 0.3) is 16.9 Å². The molecule has 5 rings (SSSR count). The van der Waals surface area contributed by atoms with Gasteiger partial charge < -0.3 is 14.9 Å². The summed E-state index contributed by atoms with van der Waals surface area (Å²) in [6, 6.07) is 8.06. The van der Waals surface area contributed by atoms with E-state index in [-0.39, 0.29) is 23.3 Å². The van der Waals surface area contributed by atoms with Gasteiger partial charge in [-0.05, 0) is 75.4 Å². The number of imidazole rings is 1. The number of aromatic nitrogens is 3. The summed E-state index contributed by atoms with van der Waals surface area (Å²) < 4.78 is 15.0. The number of piperazine rings is 1. The van der Waals surface area contributed by atoms with Crippen LogP contribution >= 0.6 is 0 Å². The number of rotatable bonds is 4. The fourth-order valence-electron chi connectivity index (χ4n) is 5.03. The summed E-state index contributed by atoms with van der Waals surface area (Å²) in [5.74, 6) is -0.769. The van der Waals surface area contributed by atoms with Crippen molar-refractivity contribution in [1.82, 2.24) is 24.4 Å². The van der Waals surface area contributed by atoms with E-state index >= 15 is 0 Å². The number of aliphatic hydroxyl groups is 1. The van der Waals surface area contributed by atoms with Crippen LogP contribution in [0.15, 0.2) is 36.5 Å². The molecule has 1 aromatic carbocycles. The second-order valence-electron chi connectivity index (χ2n) is 10.2. The van der Waals surface area contributed by atoms with E-state index in [9.17, 15) is 19.1 Å². The summed E-state index contributed by atoms with van der Waals surface area (Å²) in [5.41, 5.74) is 1.41. The van der Waals surface area contributed by atoms with Crippen molar-refractivity contribution in [3.8, 4) is 11.3 Å². The van der Waals surface area contributed by atoms with Gasteiger partial charge in [-0.3, -0.25) is 9.59 Å². The molecule has 2 amide bonds. The third kappa shape index (κ3) is 4.07. The van der Waals surface area contributed by atoms with Crippen molar-refractivity contribution in [3.63, 3.8) is 0 Å². The van der Waals surface area contributed by atoms with Crippen LogP contribution in [0.3, 0.4) is 0 Å². The number of amides is 2. The highest BCUT2D eigenvalue weighted by Gasteiger charge is 2.48. The molecular weight excluding hydrogens is 449 g/mol. The van der Waals surface area contributed by atoms with Gasteiger partial charge in [0.1, 0.15) is 17.1 Å². The molecule has 1 N–H and O–H groups in total. The van der Waals surface area contributed by atoms with Gasteiger partial charge in [0.15, 0.2) is 5.65 Å². The van der Waals surface area contributed by atoms with Crippen molar-refractivity contribution in [2.24, 2.45) is 0 Å². The van der Waals surface area contributed by atoms with Crippen LogP contribution in [0.2, 0.25) is 0 Å². The Labute approximate surface area is 203 Å². The van der Waals surface area contributed by atoms with Gasteiger partial charge in [0, 0.05) is 25.2 Å². The van der Waals surface area contributed by atoms with E-state index in [0.717, 1.165) is 17.5 Å². The predicted octanol–water partition coefficient (Wildman–Crippen LogP) is 3.08. The first-order chi connectivity index (χ1) is 16.6. The number of benzene rings is 1. The molecule has 0 spiro atoms. The van der Waals surface area contributed by atoms with Crippen LogP contribution < -0.4 is 0 Å². The van der Waals surface area contributed by atoms with Crippen LogP contribution in [-0.2, 0) is 11.2 Å². The maximum Gasteiger partial charge on any atom is 0.274 e. The number of halogens is 1. The number of carbonyl (C=O) groups excluding carboxylic acids is 2. The zero-order chi connectivity index (χ0) is 25.0. The molecule has 3 heterocycles. The Hall–Kier alpha value is -3.33. The molecule has 184 valence electrons. The van der Waals surface area contributed by atoms with Crippen molar-refractivity contribution in [3.05, 3.63) is 53.6 Å². The van der Waals surface area contributed by atoms with E-state index in [1.807, 2.05) is 26.8 Å². The SMILES string of the molecule is CCc1cc(-c2ccc(F)cc2)nn2cc(C(=O)N3CCN(C(=O)C4(O)CCC4)CC3(C)C)nc12. The van der Waals surface area contributed by atoms with Crippen LogP contribution in [0.4, 0.5) is 4.39 Å². The quantitative estimate of drug-likeness (QED) is 0.621. The Morgan fingerprint density at radius 3 is 2.46 bits per heavy atom. The number of hydrogen-bond donors (Lipinski definition) is 1. The number of hydrogen-bond acceptors (Lipinski definition) is 5. The molecular formula is C26H30FN5O3. The maximum absolute atomic E-state index is 13.5. The predicted molar refractivity (Wildman–Crippen MR) is 128 cm³/mol. The molecule has 1 saturated carbocycles. The number of fused-ring (bicyclic) bond motifs is 1. The second kappa shape index (κ2) is 8.41. The molecule has 3 aromatic rings. The Kier molecular flexibility index (Phi) is 5.62. The van der Waals surface area contributed by atoms with Gasteiger partial charge in [0.25, 0.3) is 11.8 Å². The third-order valence-corrected chi connectivity index (χ3v) is 7.25. The van der Waals surface area contributed by atoms with Crippen molar-refractivity contribution >= 4 is 17.5 Å². The van der Waals surface area contributed by atoms with Crippen molar-refractivity contribution in [2.75, 3.05) is 19.6 Å². The molecule has 35 heavy (non-hydrogen) atoms. The van der Waals surface area contributed by atoms with Crippen molar-refractivity contribution < 1.29 is 19.1 Å². The molecule has 1 saturated heterocycles. The zero-order valence-electron chi connectivity index (χ0n) is 20.3. The zero-order valence-corrected chi connectivity index (χ0v) is 20.3. The third-order valence-electron chi connectivity index (χ3n) is 7.25. The minimum atomic E-state index is -1.24. The van der Waals surface area contributed by atoms with E-state index in [0.29, 0.717) is 50.2 Å². The molecule has 1 aliphatic carbocycles. The molecule has 2 aromatic heterocycles. The topological polar surface area (TPSA) is 91.0 Å². The molecule has 0 radical (unpaired) electrons. The number of nitrogens with zero attached hydrogens (tertiary/aromatic N) is 5. The molecule has 2 aliphatic rings. The lowest BCUT2D eigenvalue weighted by molar-refractivity contribution is -0.164. The van der Waals surface area contributed by atoms with Gasteiger partial charge in [-0.1, -0.05) is 6.92 Å². The molecule has 8 nitrogen and oxygen atoms in total. The fourth-order valence-corrected chi connectivity index (χ4v) is 5.03. The fraction of sp³-hybridized carbons (Fsp3) is 0.462. The standard InChI is InChI=1S/C26H30FN5O3/c1-4-17-14-20(18-6-8-19(27)9-7-18)29-32-15-21(28-22(17)32)23(33)31-13-12-30(16-25(31,2)3)24(34)26(35)10-5-11-26/h6-9,14-15,35H,4-5,10-13,16H2,1-3H3. The highest BCUT2D eigenvalue weighted by Crippen LogP contribution is 2.35. The van der Waals surface area contributed by atoms with Crippen LogP contribution in [-0.4, -0.2) is 72.1 Å². The summed E-state index contributed by atoms with van der Waals surface area (Å²) in [4.78, 5) is 34.4. The van der Waals surface area contributed by atoms with E-state index in [1.165, 1.54) is 12.1 Å². The van der Waals surface area contributed by atoms with Crippen LogP contribution in [0.5, 0.6) is 0 Å². The molecule has 1 aliphatic heterocycles. The first kappa shape index (κ1) is 23.4. The lowest BCUT2D eigenvalue weighted by Gasteiger charge is -2.49. The monoisotopic (exact) mass is 479 g/mol. The van der Waals surface area contributed by atoms with E-state index in [4.69, 9.17) is 0 Å². The first-order valence-corrected chi connectivity index (χ1v) is 12.1. The average molecular weight is 480 g/mol. The summed E-state index contributed by atoms with van der Waals surface area (Å²) >= 11 is 0. The summed E-state index contributed by atoms with van der Waals surface area (Å²) in [6.07, 6.45) is 4.18. The Morgan fingerprint density at radius 1 is 1.14 bits per heavy atom. The van der Waals surface area contributed by atoms with Crippen LogP contribution in [0.1, 0.15) is 56.1 Å². The summed E-state index contributed by atoms with van der Waals surface area (Å²) in [5, 5.41) is 15.1. The molecule has 0 bridgehead atoms. The Morgan fingerprint density at radius 2 is 1.86 bits per heavy atom. The van der Waals surface area contributed by atoms with Gasteiger partial charge >= 0.3 is 0 Å². The molecule has 0 unspecified atom stereocenters. The Bertz CT molecular complexity index is 1300. The summed E-state index contributed by atoms with van der Waals surface area (Å²) in [6.45, 7) is 6.93. The summed E-state index contributed by atoms with van der Waals surface area (Å²) in [7, 11) is 0. The second-order valence-corrected chi connectivity index (χ2v) is 10.2. The van der Waals surface area contributed by atoms with E-state index < -0.39 is 11.1 Å². The number of carbonyl (C=O) groups is 2. The van der Waals surface area contributed by atoms with Gasteiger partial charge in [-0.25, -0.2) is 13.9 Å². The van der Waals surface area contributed by atoms with E-state index in [2.05, 4.69) is 10.1 Å². The van der Waals surface area contributed by atoms with Gasteiger partial charge in [-0.2, -0.15) is 5.10 Å². The number of aryl methyl sites for hydroxylation is 1. The van der Waals surface area contributed by atoms with Gasteiger partial charge in [0.05, 0.1) is 17.4 Å². The molecule has 2 fully saturated rings. The lowest BCUT2D eigenvalue weighted by Crippen LogP contribution is -2.65. The largest absolute Gasteiger partial charge is 0.380 e. The minimum absolute atomic E-state index is 0.222. The highest BCUT2D eigenvalue weighted by molar-refractivity contribution is 5.94. The van der Waals surface area contributed by atoms with Gasteiger partial charge in [0.2, 0.25) is 0 Å². The molecule has 9 heteroatoms. The lowest BCUT2D eigenvalue weighted by atomic mass is 9.78. The average Bonchev–Trinajstić information content (AvgIpc) is 3.25. The van der Waals surface area contributed by atoms with E-state index in [1.54, 1.807) is 32.6 Å². The minimum Gasteiger partial charge on any atom is -0.380 e. The van der Waals surface area contributed by atoms with Gasteiger partial charge in [-0.15, -0.1) is 0 Å². The highest BCUT2D eigenvalue weighted by atomic mass is 19.1. The smallest absolute Gasteiger partial charge is 0.274 e. The first-order valence-electron chi connectivity index (χ1n) is 12.1. The van der Waals surface area contributed by atoms with Crippen LogP contribution in [0, 0.1) is 5.82 Å². The molecule has 0 atom stereocenters.